The number of anilines is 1. The van der Waals surface area contributed by atoms with E-state index in [-0.39, 0.29) is 25.0 Å². The fraction of sp³-hybridized carbons (Fsp3) is 0.226. The van der Waals surface area contributed by atoms with Crippen LogP contribution in [0, 0.1) is 13.8 Å². The van der Waals surface area contributed by atoms with E-state index in [4.69, 9.17) is 9.47 Å². The third kappa shape index (κ3) is 5.11. The van der Waals surface area contributed by atoms with E-state index in [1.807, 2.05) is 78.9 Å². The van der Waals surface area contributed by atoms with Gasteiger partial charge in [0.2, 0.25) is 12.0 Å². The Labute approximate surface area is 232 Å². The SMILES string of the molecule is COc1ccc(CN2C(=O)CN[C@](c3ccccc3)([C@H](Oc3nc(C)cc(C)n3)C(=O)O)c3ccccc32)cc1. The molecule has 40 heavy (non-hydrogen) atoms. The van der Waals surface area contributed by atoms with E-state index in [0.717, 1.165) is 5.56 Å². The first-order valence-corrected chi connectivity index (χ1v) is 12.9. The number of nitrogens with zero attached hydrogens (tertiary/aromatic N) is 3. The molecule has 2 heterocycles. The Kier molecular flexibility index (Phi) is 7.48. The molecule has 2 atom stereocenters. The van der Waals surface area contributed by atoms with Gasteiger partial charge < -0.3 is 19.5 Å². The molecular weight excluding hydrogens is 508 g/mol. The van der Waals surface area contributed by atoms with Crippen molar-refractivity contribution < 1.29 is 24.2 Å². The lowest BCUT2D eigenvalue weighted by atomic mass is 9.77. The second kappa shape index (κ2) is 11.2. The average Bonchev–Trinajstić information content (AvgIpc) is 3.07. The first-order valence-electron chi connectivity index (χ1n) is 12.9. The van der Waals surface area contributed by atoms with Crippen LogP contribution in [-0.4, -0.2) is 46.7 Å². The molecule has 1 aliphatic rings. The fourth-order valence-corrected chi connectivity index (χ4v) is 5.19. The van der Waals surface area contributed by atoms with Crippen molar-refractivity contribution >= 4 is 17.6 Å². The van der Waals surface area contributed by atoms with E-state index in [1.165, 1.54) is 0 Å². The molecule has 0 spiro atoms. The summed E-state index contributed by atoms with van der Waals surface area (Å²) >= 11 is 0. The molecule has 0 unspecified atom stereocenters. The number of fused-ring (bicyclic) bond motifs is 1. The highest BCUT2D eigenvalue weighted by atomic mass is 16.5. The highest BCUT2D eigenvalue weighted by molar-refractivity contribution is 5.97. The molecule has 0 saturated heterocycles. The number of rotatable bonds is 8. The van der Waals surface area contributed by atoms with Crippen LogP contribution in [0.4, 0.5) is 5.69 Å². The molecule has 0 radical (unpaired) electrons. The average molecular weight is 539 g/mol. The summed E-state index contributed by atoms with van der Waals surface area (Å²) in [5.74, 6) is -0.732. The number of aliphatic carboxylic acids is 1. The quantitative estimate of drug-likeness (QED) is 0.346. The topological polar surface area (TPSA) is 114 Å². The largest absolute Gasteiger partial charge is 0.497 e. The van der Waals surface area contributed by atoms with E-state index >= 15 is 0 Å². The maximum Gasteiger partial charge on any atom is 0.347 e. The van der Waals surface area contributed by atoms with Crippen LogP contribution < -0.4 is 19.7 Å². The van der Waals surface area contributed by atoms with Crippen LogP contribution >= 0.6 is 0 Å². The summed E-state index contributed by atoms with van der Waals surface area (Å²) in [6.07, 6.45) is -1.52. The number of amides is 1. The zero-order chi connectivity index (χ0) is 28.3. The standard InChI is InChI=1S/C31H30N4O5/c1-20-17-21(2)34-30(33-20)40-28(29(37)38)31(23-9-5-4-6-10-23)25-11-7-8-12-26(25)35(27(36)18-32-31)19-22-13-15-24(39-3)16-14-22/h4-17,28,32H,18-19H2,1-3H3,(H,37,38)/t28-,31+/m1/s1. The molecule has 204 valence electrons. The highest BCUT2D eigenvalue weighted by Gasteiger charge is 2.52. The molecule has 0 bridgehead atoms. The van der Waals surface area contributed by atoms with Gasteiger partial charge in [-0.05, 0) is 49.2 Å². The summed E-state index contributed by atoms with van der Waals surface area (Å²) in [4.78, 5) is 37.1. The van der Waals surface area contributed by atoms with Gasteiger partial charge in [-0.3, -0.25) is 10.1 Å². The lowest BCUT2D eigenvalue weighted by molar-refractivity contribution is -0.149. The van der Waals surface area contributed by atoms with E-state index in [9.17, 15) is 14.7 Å². The number of benzene rings is 3. The van der Waals surface area contributed by atoms with Crippen LogP contribution in [0.15, 0.2) is 84.9 Å². The highest BCUT2D eigenvalue weighted by Crippen LogP contribution is 2.42. The Morgan fingerprint density at radius 2 is 1.65 bits per heavy atom. The van der Waals surface area contributed by atoms with Crippen LogP contribution in [0.25, 0.3) is 0 Å². The van der Waals surface area contributed by atoms with Crippen molar-refractivity contribution in [1.29, 1.82) is 0 Å². The van der Waals surface area contributed by atoms with Crippen molar-refractivity contribution in [3.63, 3.8) is 0 Å². The molecule has 4 aromatic rings. The number of ether oxygens (including phenoxy) is 2. The van der Waals surface area contributed by atoms with Gasteiger partial charge in [0.05, 0.1) is 20.2 Å². The molecule has 5 rings (SSSR count). The van der Waals surface area contributed by atoms with Crippen molar-refractivity contribution in [2.45, 2.75) is 32.0 Å². The van der Waals surface area contributed by atoms with Crippen molar-refractivity contribution in [3.8, 4) is 11.8 Å². The summed E-state index contributed by atoms with van der Waals surface area (Å²) in [7, 11) is 1.60. The predicted molar refractivity (Wildman–Crippen MR) is 149 cm³/mol. The van der Waals surface area contributed by atoms with Crippen LogP contribution in [0.5, 0.6) is 11.8 Å². The van der Waals surface area contributed by atoms with Crippen LogP contribution in [0.1, 0.15) is 28.1 Å². The van der Waals surface area contributed by atoms with Gasteiger partial charge in [-0.15, -0.1) is 0 Å². The second-order valence-corrected chi connectivity index (χ2v) is 9.64. The number of carbonyl (C=O) groups is 2. The third-order valence-corrected chi connectivity index (χ3v) is 6.97. The lowest BCUT2D eigenvalue weighted by Crippen LogP contribution is -2.58. The Morgan fingerprint density at radius 3 is 2.30 bits per heavy atom. The van der Waals surface area contributed by atoms with Crippen molar-refractivity contribution in [1.82, 2.24) is 15.3 Å². The van der Waals surface area contributed by atoms with Crippen molar-refractivity contribution in [2.24, 2.45) is 0 Å². The van der Waals surface area contributed by atoms with E-state index in [2.05, 4.69) is 15.3 Å². The van der Waals surface area contributed by atoms with Crippen molar-refractivity contribution in [3.05, 3.63) is 113 Å². The number of methoxy groups -OCH3 is 1. The number of hydrogen-bond acceptors (Lipinski definition) is 7. The summed E-state index contributed by atoms with van der Waals surface area (Å²) in [6.45, 7) is 3.73. The minimum atomic E-state index is -1.52. The van der Waals surface area contributed by atoms with E-state index in [0.29, 0.717) is 34.0 Å². The number of carboxylic acids is 1. The van der Waals surface area contributed by atoms with Crippen molar-refractivity contribution in [2.75, 3.05) is 18.6 Å². The van der Waals surface area contributed by atoms with Gasteiger partial charge in [-0.2, -0.15) is 0 Å². The number of carboxylic acid groups (broad SMARTS) is 1. The number of aryl methyl sites for hydroxylation is 2. The molecule has 1 aliphatic heterocycles. The first kappa shape index (κ1) is 26.8. The van der Waals surface area contributed by atoms with Gasteiger partial charge in [0.25, 0.3) is 0 Å². The normalized spacial score (nSPS) is 17.5. The molecule has 9 nitrogen and oxygen atoms in total. The molecule has 0 fully saturated rings. The summed E-state index contributed by atoms with van der Waals surface area (Å²) in [5.41, 5.74) is 2.51. The molecule has 2 N–H and O–H groups in total. The summed E-state index contributed by atoms with van der Waals surface area (Å²) < 4.78 is 11.4. The third-order valence-electron chi connectivity index (χ3n) is 6.97. The minimum absolute atomic E-state index is 0.0508. The summed E-state index contributed by atoms with van der Waals surface area (Å²) in [6, 6.07) is 25.7. The second-order valence-electron chi connectivity index (χ2n) is 9.64. The monoisotopic (exact) mass is 538 g/mol. The lowest BCUT2D eigenvalue weighted by Gasteiger charge is -2.39. The molecular formula is C31H30N4O5. The van der Waals surface area contributed by atoms with Gasteiger partial charge >= 0.3 is 12.0 Å². The number of aromatic nitrogens is 2. The zero-order valence-corrected chi connectivity index (χ0v) is 22.5. The maximum atomic E-state index is 13.7. The van der Waals surface area contributed by atoms with Crippen LogP contribution in [0.2, 0.25) is 0 Å². The van der Waals surface area contributed by atoms with E-state index in [1.54, 1.807) is 31.9 Å². The molecule has 0 saturated carbocycles. The number of para-hydroxylation sites is 1. The van der Waals surface area contributed by atoms with Crippen LogP contribution in [-0.2, 0) is 21.7 Å². The Hall–Kier alpha value is -4.76. The predicted octanol–water partition coefficient (Wildman–Crippen LogP) is 4.01. The molecule has 9 heteroatoms. The number of carbonyl (C=O) groups excluding carboxylic acids is 1. The molecule has 0 aliphatic carbocycles. The molecule has 1 amide bonds. The van der Waals surface area contributed by atoms with Gasteiger partial charge in [0.15, 0.2) is 0 Å². The Morgan fingerprint density at radius 1 is 1.00 bits per heavy atom. The molecule has 3 aromatic carbocycles. The van der Waals surface area contributed by atoms with Gasteiger partial charge in [0, 0.05) is 22.6 Å². The Bertz CT molecular complexity index is 1510. The zero-order valence-electron chi connectivity index (χ0n) is 22.5. The Balaban J connectivity index is 1.69. The minimum Gasteiger partial charge on any atom is -0.497 e. The van der Waals surface area contributed by atoms with Gasteiger partial charge in [-0.1, -0.05) is 60.7 Å². The van der Waals surface area contributed by atoms with Crippen LogP contribution in [0.3, 0.4) is 0 Å². The first-order chi connectivity index (χ1) is 19.3. The smallest absolute Gasteiger partial charge is 0.347 e. The van der Waals surface area contributed by atoms with Gasteiger partial charge in [-0.25, -0.2) is 14.8 Å². The van der Waals surface area contributed by atoms with Gasteiger partial charge in [0.1, 0.15) is 11.3 Å². The van der Waals surface area contributed by atoms with E-state index < -0.39 is 17.6 Å². The molecule has 1 aromatic heterocycles. The number of hydrogen-bond donors (Lipinski definition) is 2. The maximum absolute atomic E-state index is 13.7. The fourth-order valence-electron chi connectivity index (χ4n) is 5.19. The number of nitrogens with one attached hydrogen (secondary N) is 1. The summed E-state index contributed by atoms with van der Waals surface area (Å²) in [5, 5.41) is 14.0.